The van der Waals surface area contributed by atoms with E-state index >= 15 is 0 Å². The second kappa shape index (κ2) is 9.23. The number of hydrogen-bond acceptors (Lipinski definition) is 4. The zero-order chi connectivity index (χ0) is 21.8. The van der Waals surface area contributed by atoms with Gasteiger partial charge in [0.1, 0.15) is 22.9 Å². The normalized spacial score (nSPS) is 16.6. The topological polar surface area (TPSA) is 28.1 Å². The van der Waals surface area contributed by atoms with Crippen molar-refractivity contribution in [2.45, 2.75) is 38.8 Å². The van der Waals surface area contributed by atoms with Crippen molar-refractivity contribution >= 4 is 11.5 Å². The minimum Gasteiger partial charge on any atom is -0.454 e. The lowest BCUT2D eigenvalue weighted by Gasteiger charge is -2.36. The number of fused-ring (bicyclic) bond motifs is 2. The van der Waals surface area contributed by atoms with Gasteiger partial charge in [-0.3, -0.25) is 4.90 Å². The molecule has 4 rings (SSSR count). The van der Waals surface area contributed by atoms with Crippen molar-refractivity contribution in [2.75, 3.05) is 32.7 Å². The Morgan fingerprint density at radius 1 is 1.06 bits per heavy atom. The minimum absolute atomic E-state index is 0.634. The van der Waals surface area contributed by atoms with Crippen LogP contribution >= 0.6 is 0 Å². The van der Waals surface area contributed by atoms with E-state index in [9.17, 15) is 4.39 Å². The summed E-state index contributed by atoms with van der Waals surface area (Å²) in [5.41, 5.74) is 0.874. The molecular weight excluding hydrogens is 389 g/mol. The Hall–Kier alpha value is -2.66. The summed E-state index contributed by atoms with van der Waals surface area (Å²) in [5, 5.41) is 0. The summed E-state index contributed by atoms with van der Waals surface area (Å²) in [6, 6.07) is 13.4. The summed E-state index contributed by atoms with van der Waals surface area (Å²) in [6.07, 6.45) is 5.47. The number of rotatable bonds is 6. The molecule has 0 N–H and O–H groups in total. The minimum atomic E-state index is -1.43. The molecule has 0 aliphatic carbocycles. The van der Waals surface area contributed by atoms with Crippen LogP contribution in [0.1, 0.15) is 44.2 Å². The third-order valence-electron chi connectivity index (χ3n) is 6.02. The molecule has 0 saturated carbocycles. The van der Waals surface area contributed by atoms with Gasteiger partial charge in [-0.25, -0.2) is 9.38 Å². The van der Waals surface area contributed by atoms with Gasteiger partial charge in [0, 0.05) is 26.2 Å². The molecule has 2 aromatic rings. The van der Waals surface area contributed by atoms with Gasteiger partial charge in [0.25, 0.3) is 0 Å². The molecule has 31 heavy (non-hydrogen) atoms. The van der Waals surface area contributed by atoms with Gasteiger partial charge >= 0.3 is 0 Å². The van der Waals surface area contributed by atoms with Crippen LogP contribution in [-0.4, -0.2) is 48.4 Å². The number of halogens is 1. The van der Waals surface area contributed by atoms with Gasteiger partial charge in [0.15, 0.2) is 5.75 Å². The molecule has 5 heteroatoms. The van der Waals surface area contributed by atoms with E-state index in [1.54, 1.807) is 13.8 Å². The standard InChI is InChI=1S/C26H32FN3O/c1-4-5-6-9-14-29-15-17-30(18-16-29)25-21-19-20(26(2,3)27)12-13-23(21)31-24-11-8-7-10-22(24)28-25/h4,7-8,10-13,19H,1,5-6,9,14-18H2,2-3H3. The Morgan fingerprint density at radius 3 is 2.58 bits per heavy atom. The number of aliphatic imine (C=N–C) groups is 1. The van der Waals surface area contributed by atoms with E-state index in [0.29, 0.717) is 5.56 Å². The second-order valence-electron chi connectivity index (χ2n) is 8.80. The summed E-state index contributed by atoms with van der Waals surface area (Å²) in [7, 11) is 0. The van der Waals surface area contributed by atoms with E-state index in [4.69, 9.17) is 9.73 Å². The predicted octanol–water partition coefficient (Wildman–Crippen LogP) is 6.05. The number of allylic oxidation sites excluding steroid dienone is 1. The van der Waals surface area contributed by atoms with Gasteiger partial charge in [-0.1, -0.05) is 24.3 Å². The van der Waals surface area contributed by atoms with Gasteiger partial charge in [0.05, 0.1) is 5.56 Å². The Labute approximate surface area is 185 Å². The number of nitrogens with zero attached hydrogens (tertiary/aromatic N) is 3. The molecule has 0 amide bonds. The van der Waals surface area contributed by atoms with Crippen LogP contribution in [0.25, 0.3) is 0 Å². The summed E-state index contributed by atoms with van der Waals surface area (Å²) in [4.78, 5) is 9.84. The molecule has 4 nitrogen and oxygen atoms in total. The fourth-order valence-electron chi connectivity index (χ4n) is 4.14. The third-order valence-corrected chi connectivity index (χ3v) is 6.02. The number of piperazine rings is 1. The number of ether oxygens (including phenoxy) is 1. The molecule has 164 valence electrons. The van der Waals surface area contributed by atoms with Gasteiger partial charge in [-0.15, -0.1) is 6.58 Å². The molecule has 2 aromatic carbocycles. The monoisotopic (exact) mass is 421 g/mol. The van der Waals surface area contributed by atoms with Crippen molar-refractivity contribution in [3.05, 3.63) is 66.2 Å². The van der Waals surface area contributed by atoms with Gasteiger partial charge in [-0.2, -0.15) is 0 Å². The van der Waals surface area contributed by atoms with E-state index in [-0.39, 0.29) is 0 Å². The van der Waals surface area contributed by atoms with Crippen LogP contribution in [0.3, 0.4) is 0 Å². The van der Waals surface area contributed by atoms with Crippen molar-refractivity contribution in [1.82, 2.24) is 9.80 Å². The molecule has 2 aliphatic rings. The Balaban J connectivity index is 1.60. The zero-order valence-electron chi connectivity index (χ0n) is 18.6. The molecule has 0 bridgehead atoms. The molecule has 2 heterocycles. The SMILES string of the molecule is C=CCCCCN1CCN(C2=Nc3ccccc3Oc3ccc(C(C)(C)F)cc32)CC1. The van der Waals surface area contributed by atoms with E-state index in [2.05, 4.69) is 16.4 Å². The first kappa shape index (κ1) is 21.6. The van der Waals surface area contributed by atoms with Crippen LogP contribution in [0.2, 0.25) is 0 Å². The maximum Gasteiger partial charge on any atom is 0.153 e. The van der Waals surface area contributed by atoms with Gasteiger partial charge in [0.2, 0.25) is 0 Å². The lowest BCUT2D eigenvalue weighted by molar-refractivity contribution is 0.180. The summed E-state index contributed by atoms with van der Waals surface area (Å²) < 4.78 is 20.9. The molecule has 0 atom stereocenters. The quantitative estimate of drug-likeness (QED) is 0.420. The largest absolute Gasteiger partial charge is 0.454 e. The Kier molecular flexibility index (Phi) is 6.42. The lowest BCUT2D eigenvalue weighted by Crippen LogP contribution is -2.49. The highest BCUT2D eigenvalue weighted by atomic mass is 19.1. The third kappa shape index (κ3) is 4.99. The molecule has 2 aliphatic heterocycles. The first-order chi connectivity index (χ1) is 15.0. The number of amidine groups is 1. The zero-order valence-corrected chi connectivity index (χ0v) is 18.6. The fourth-order valence-corrected chi connectivity index (χ4v) is 4.14. The van der Waals surface area contributed by atoms with E-state index < -0.39 is 5.67 Å². The summed E-state index contributed by atoms with van der Waals surface area (Å²) in [5.74, 6) is 2.33. The van der Waals surface area contributed by atoms with Crippen molar-refractivity contribution in [3.8, 4) is 11.5 Å². The molecule has 0 radical (unpaired) electrons. The average Bonchev–Trinajstić information content (AvgIpc) is 2.93. The molecule has 0 unspecified atom stereocenters. The molecule has 0 spiro atoms. The van der Waals surface area contributed by atoms with Crippen molar-refractivity contribution in [3.63, 3.8) is 0 Å². The highest BCUT2D eigenvalue weighted by Crippen LogP contribution is 2.39. The van der Waals surface area contributed by atoms with Gasteiger partial charge in [-0.05, 0) is 69.5 Å². The summed E-state index contributed by atoms with van der Waals surface area (Å²) in [6.45, 7) is 11.9. The molecule has 1 saturated heterocycles. The highest BCUT2D eigenvalue weighted by molar-refractivity contribution is 6.04. The number of unbranched alkanes of at least 4 members (excludes halogenated alkanes) is 2. The van der Waals surface area contributed by atoms with Crippen LogP contribution in [-0.2, 0) is 5.67 Å². The van der Waals surface area contributed by atoms with Crippen molar-refractivity contribution < 1.29 is 9.13 Å². The maximum atomic E-state index is 14.7. The first-order valence-corrected chi connectivity index (χ1v) is 11.2. The Bertz CT molecular complexity index is 955. The number of benzene rings is 2. The van der Waals surface area contributed by atoms with Crippen LogP contribution in [0.5, 0.6) is 11.5 Å². The van der Waals surface area contributed by atoms with Crippen LogP contribution in [0, 0.1) is 0 Å². The van der Waals surface area contributed by atoms with E-state index in [0.717, 1.165) is 67.7 Å². The van der Waals surface area contributed by atoms with Crippen molar-refractivity contribution in [2.24, 2.45) is 4.99 Å². The van der Waals surface area contributed by atoms with Crippen LogP contribution in [0.4, 0.5) is 10.1 Å². The molecular formula is C26H32FN3O. The number of hydrogen-bond donors (Lipinski definition) is 0. The fraction of sp³-hybridized carbons (Fsp3) is 0.423. The smallest absolute Gasteiger partial charge is 0.153 e. The maximum absolute atomic E-state index is 14.7. The highest BCUT2D eigenvalue weighted by Gasteiger charge is 2.28. The predicted molar refractivity (Wildman–Crippen MR) is 125 cm³/mol. The van der Waals surface area contributed by atoms with Crippen molar-refractivity contribution in [1.29, 1.82) is 0 Å². The van der Waals surface area contributed by atoms with Gasteiger partial charge < -0.3 is 9.64 Å². The van der Waals surface area contributed by atoms with Crippen LogP contribution in [0.15, 0.2) is 60.1 Å². The van der Waals surface area contributed by atoms with E-state index in [1.165, 1.54) is 12.8 Å². The Morgan fingerprint density at radius 2 is 1.84 bits per heavy atom. The van der Waals surface area contributed by atoms with Crippen LogP contribution < -0.4 is 4.74 Å². The average molecular weight is 422 g/mol. The summed E-state index contributed by atoms with van der Waals surface area (Å²) >= 11 is 0. The molecule has 0 aromatic heterocycles. The number of para-hydroxylation sites is 2. The first-order valence-electron chi connectivity index (χ1n) is 11.2. The lowest BCUT2D eigenvalue weighted by atomic mass is 9.97. The molecule has 1 fully saturated rings. The number of alkyl halides is 1. The second-order valence-corrected chi connectivity index (χ2v) is 8.80. The van der Waals surface area contributed by atoms with E-state index in [1.807, 2.05) is 48.5 Å².